The molecule has 0 spiro atoms. The Labute approximate surface area is 347 Å². The number of hydrogen-bond donors (Lipinski definition) is 6. The van der Waals surface area contributed by atoms with Crippen molar-refractivity contribution in [1.29, 1.82) is 5.26 Å². The van der Waals surface area contributed by atoms with Crippen molar-refractivity contribution in [2.45, 2.75) is 96.4 Å². The number of phenols is 2. The lowest BCUT2D eigenvalue weighted by atomic mass is 9.96. The van der Waals surface area contributed by atoms with Gasteiger partial charge in [-0.1, -0.05) is 99.2 Å². The zero-order chi connectivity index (χ0) is 40.5. The van der Waals surface area contributed by atoms with E-state index < -0.39 is 0 Å². The Morgan fingerprint density at radius 2 is 1.02 bits per heavy atom. The second kappa shape index (κ2) is 25.4. The van der Waals surface area contributed by atoms with E-state index in [-0.39, 0.29) is 11.5 Å². The number of ether oxygens (including phenoxy) is 2. The fourth-order valence-corrected chi connectivity index (χ4v) is 6.62. The van der Waals surface area contributed by atoms with E-state index in [1.54, 1.807) is 42.8 Å². The van der Waals surface area contributed by atoms with E-state index in [2.05, 4.69) is 31.7 Å². The Morgan fingerprint density at radius 1 is 0.649 bits per heavy atom. The Morgan fingerprint density at radius 3 is 1.37 bits per heavy atom. The number of benzene rings is 4. The largest absolute Gasteiger partial charge is 0.507 e. The van der Waals surface area contributed by atoms with Gasteiger partial charge < -0.3 is 30.3 Å². The smallest absolute Gasteiger partial charge is 0.187 e. The molecule has 2 aliphatic carbocycles. The Bertz CT molecular complexity index is 1780. The number of aromatic hydroxyl groups is 2. The summed E-state index contributed by atoms with van der Waals surface area (Å²) in [5.74, 6) is 1.43. The summed E-state index contributed by atoms with van der Waals surface area (Å²) in [6, 6.07) is 32.7. The maximum Gasteiger partial charge on any atom is 0.187 e. The summed E-state index contributed by atoms with van der Waals surface area (Å²) < 4.78 is 11.4. The van der Waals surface area contributed by atoms with Crippen LogP contribution < -0.4 is 31.0 Å². The van der Waals surface area contributed by atoms with E-state index in [0.29, 0.717) is 58.1 Å². The third kappa shape index (κ3) is 17.3. The quantitative estimate of drug-likeness (QED) is 0.0463. The first kappa shape index (κ1) is 44.0. The Balaban J connectivity index is 0.000000236. The van der Waals surface area contributed by atoms with E-state index in [1.807, 2.05) is 72.8 Å². The molecule has 4 aromatic rings. The first-order valence-electron chi connectivity index (χ1n) is 19.3. The zero-order valence-corrected chi connectivity index (χ0v) is 34.0. The highest BCUT2D eigenvalue weighted by Crippen LogP contribution is 2.24. The molecule has 0 saturated heterocycles. The van der Waals surface area contributed by atoms with Crippen LogP contribution in [0, 0.1) is 11.3 Å². The SMILES string of the molecule is CC#N.Oc1cc(OCc2ccccc2)ccc1/C=N/NC(=S)NC1CCCCC1.Oc1cc(OCc2ccccc2)ccc1/C=N/NC(=S)NC1CCCCC1. The van der Waals surface area contributed by atoms with Gasteiger partial charge in [0.1, 0.15) is 36.2 Å². The highest BCUT2D eigenvalue weighted by molar-refractivity contribution is 7.80. The lowest BCUT2D eigenvalue weighted by Crippen LogP contribution is -2.40. The molecule has 6 N–H and O–H groups in total. The first-order valence-corrected chi connectivity index (χ1v) is 20.1. The van der Waals surface area contributed by atoms with E-state index in [4.69, 9.17) is 39.2 Å². The minimum atomic E-state index is 0.109. The summed E-state index contributed by atoms with van der Waals surface area (Å²) >= 11 is 10.5. The number of hydrogen-bond acceptors (Lipinski definition) is 9. The molecule has 0 atom stereocenters. The predicted molar refractivity (Wildman–Crippen MR) is 236 cm³/mol. The second-order valence-corrected chi connectivity index (χ2v) is 14.4. The molecule has 11 nitrogen and oxygen atoms in total. The molecule has 13 heteroatoms. The van der Waals surface area contributed by atoms with E-state index in [9.17, 15) is 10.2 Å². The van der Waals surface area contributed by atoms with Crippen LogP contribution in [-0.2, 0) is 13.2 Å². The van der Waals surface area contributed by atoms with Crippen molar-refractivity contribution in [3.8, 4) is 29.1 Å². The minimum Gasteiger partial charge on any atom is -0.507 e. The van der Waals surface area contributed by atoms with Gasteiger partial charge in [-0.25, -0.2) is 0 Å². The molecule has 2 fully saturated rings. The molecule has 300 valence electrons. The summed E-state index contributed by atoms with van der Waals surface area (Å²) in [6.07, 6.45) is 15.3. The van der Waals surface area contributed by atoms with Gasteiger partial charge in [0.15, 0.2) is 10.2 Å². The van der Waals surface area contributed by atoms with Crippen LogP contribution in [-0.4, -0.2) is 45.0 Å². The molecule has 0 aliphatic heterocycles. The van der Waals surface area contributed by atoms with Crippen molar-refractivity contribution in [1.82, 2.24) is 21.5 Å². The Hall–Kier alpha value is -5.71. The molecule has 0 amide bonds. The van der Waals surface area contributed by atoms with Crippen LogP contribution in [0.2, 0.25) is 0 Å². The maximum atomic E-state index is 10.2. The molecule has 2 saturated carbocycles. The lowest BCUT2D eigenvalue weighted by Gasteiger charge is -2.23. The van der Waals surface area contributed by atoms with Crippen molar-refractivity contribution < 1.29 is 19.7 Å². The Kier molecular flexibility index (Phi) is 19.6. The van der Waals surface area contributed by atoms with Crippen LogP contribution in [0.4, 0.5) is 0 Å². The second-order valence-electron chi connectivity index (χ2n) is 13.6. The molecule has 57 heavy (non-hydrogen) atoms. The van der Waals surface area contributed by atoms with Gasteiger partial charge in [0.05, 0.1) is 18.5 Å². The molecule has 0 bridgehead atoms. The first-order chi connectivity index (χ1) is 27.8. The van der Waals surface area contributed by atoms with Gasteiger partial charge in [-0.2, -0.15) is 15.5 Å². The van der Waals surface area contributed by atoms with Crippen LogP contribution in [0.5, 0.6) is 23.0 Å². The number of thiocarbonyl (C=S) groups is 2. The number of hydrazone groups is 2. The van der Waals surface area contributed by atoms with Crippen molar-refractivity contribution in [2.24, 2.45) is 10.2 Å². The molecular weight excluding hydrogens is 755 g/mol. The topological polar surface area (TPSA) is 156 Å². The molecule has 0 unspecified atom stereocenters. The number of rotatable bonds is 12. The van der Waals surface area contributed by atoms with Gasteiger partial charge in [-0.15, -0.1) is 0 Å². The van der Waals surface area contributed by atoms with Gasteiger partial charge in [0.2, 0.25) is 0 Å². The number of nitrogens with one attached hydrogen (secondary N) is 4. The molecule has 6 rings (SSSR count). The third-order valence-corrected chi connectivity index (χ3v) is 9.54. The van der Waals surface area contributed by atoms with E-state index in [1.165, 1.54) is 45.4 Å². The normalized spacial score (nSPS) is 14.2. The fourth-order valence-electron chi connectivity index (χ4n) is 6.18. The molecule has 0 aromatic heterocycles. The van der Waals surface area contributed by atoms with Gasteiger partial charge in [-0.05, 0) is 85.5 Å². The van der Waals surface area contributed by atoms with Crippen molar-refractivity contribution in [3.05, 3.63) is 119 Å². The van der Waals surface area contributed by atoms with Gasteiger partial charge >= 0.3 is 0 Å². The summed E-state index contributed by atoms with van der Waals surface area (Å²) in [5.41, 5.74) is 8.96. The van der Waals surface area contributed by atoms with E-state index in [0.717, 1.165) is 36.8 Å². The lowest BCUT2D eigenvalue weighted by molar-refractivity contribution is 0.304. The van der Waals surface area contributed by atoms with E-state index >= 15 is 0 Å². The number of nitrogens with zero attached hydrogens (tertiary/aromatic N) is 3. The average Bonchev–Trinajstić information content (AvgIpc) is 3.23. The zero-order valence-electron chi connectivity index (χ0n) is 32.4. The fraction of sp³-hybridized carbons (Fsp3) is 0.341. The van der Waals surface area contributed by atoms with Crippen LogP contribution in [0.1, 0.15) is 93.4 Å². The van der Waals surface area contributed by atoms with Crippen LogP contribution in [0.3, 0.4) is 0 Å². The standard InChI is InChI=1S/2C21H25N3O2S.C2H3N/c2*25-20-13-19(26-15-16-7-3-1-4-8-16)12-11-17(20)14-22-24-21(27)23-18-9-5-2-6-10-18;1-2-3/h2*1,3-4,7-8,11-14,18,25H,2,5-6,9-10,15H2,(H2,23,24,27);1H3/b2*22-14+;. The van der Waals surface area contributed by atoms with Crippen LogP contribution in [0.15, 0.2) is 107 Å². The molecule has 0 radical (unpaired) electrons. The highest BCUT2D eigenvalue weighted by atomic mass is 32.1. The van der Waals surface area contributed by atoms with Gasteiger partial charge in [0.25, 0.3) is 0 Å². The number of phenolic OH excluding ortho intramolecular Hbond substituents is 2. The molecule has 2 aliphatic rings. The van der Waals surface area contributed by atoms with Crippen LogP contribution in [0.25, 0.3) is 0 Å². The van der Waals surface area contributed by atoms with Crippen LogP contribution >= 0.6 is 24.4 Å². The van der Waals surface area contributed by atoms with Gasteiger partial charge in [-0.3, -0.25) is 10.9 Å². The minimum absolute atomic E-state index is 0.109. The van der Waals surface area contributed by atoms with Crippen molar-refractivity contribution >= 4 is 47.1 Å². The predicted octanol–water partition coefficient (Wildman–Crippen LogP) is 8.73. The van der Waals surface area contributed by atoms with Gasteiger partial charge in [0, 0.05) is 42.3 Å². The number of nitriles is 1. The highest BCUT2D eigenvalue weighted by Gasteiger charge is 2.14. The third-order valence-electron chi connectivity index (χ3n) is 9.12. The van der Waals surface area contributed by atoms with Crippen molar-refractivity contribution in [2.75, 3.05) is 0 Å². The monoisotopic (exact) mass is 807 g/mol. The summed E-state index contributed by atoms with van der Waals surface area (Å²) in [7, 11) is 0. The summed E-state index contributed by atoms with van der Waals surface area (Å²) in [5, 5.41) is 43.5. The molecule has 4 aromatic carbocycles. The summed E-state index contributed by atoms with van der Waals surface area (Å²) in [6.45, 7) is 2.34. The molecular formula is C44H53N7O4S2. The summed E-state index contributed by atoms with van der Waals surface area (Å²) in [4.78, 5) is 0. The van der Waals surface area contributed by atoms with Crippen molar-refractivity contribution in [3.63, 3.8) is 0 Å². The molecule has 0 heterocycles. The maximum absolute atomic E-state index is 10.2. The average molecular weight is 808 g/mol.